The summed E-state index contributed by atoms with van der Waals surface area (Å²) < 4.78 is 0. The molecule has 0 amide bonds. The Balaban J connectivity index is 2.18. The molecular formula is C15H24N2. The molecule has 0 bridgehead atoms. The van der Waals surface area contributed by atoms with E-state index in [0.29, 0.717) is 0 Å². The number of fused-ring (bicyclic) bond motifs is 1. The second kappa shape index (κ2) is 5.95. The summed E-state index contributed by atoms with van der Waals surface area (Å²) in [5.41, 5.74) is 4.23. The van der Waals surface area contributed by atoms with Crippen LogP contribution in [0.15, 0.2) is 18.2 Å². The molecule has 1 N–H and O–H groups in total. The van der Waals surface area contributed by atoms with Crippen LogP contribution in [0.5, 0.6) is 0 Å². The van der Waals surface area contributed by atoms with Crippen LogP contribution in [0.1, 0.15) is 38.7 Å². The van der Waals surface area contributed by atoms with Gasteiger partial charge in [-0.2, -0.15) is 0 Å². The predicted molar refractivity (Wildman–Crippen MR) is 76.0 cm³/mol. The molecule has 94 valence electrons. The highest BCUT2D eigenvalue weighted by Crippen LogP contribution is 2.27. The van der Waals surface area contributed by atoms with E-state index in [0.717, 1.165) is 6.54 Å². The van der Waals surface area contributed by atoms with Gasteiger partial charge < -0.3 is 10.2 Å². The summed E-state index contributed by atoms with van der Waals surface area (Å²) in [4.78, 5) is 2.51. The van der Waals surface area contributed by atoms with Crippen LogP contribution in [0.3, 0.4) is 0 Å². The van der Waals surface area contributed by atoms with Gasteiger partial charge in [0.15, 0.2) is 0 Å². The van der Waals surface area contributed by atoms with E-state index < -0.39 is 0 Å². The number of hydrogen-bond donors (Lipinski definition) is 1. The molecule has 0 unspecified atom stereocenters. The van der Waals surface area contributed by atoms with Crippen molar-refractivity contribution in [1.29, 1.82) is 0 Å². The van der Waals surface area contributed by atoms with Gasteiger partial charge in [-0.25, -0.2) is 0 Å². The fourth-order valence-corrected chi connectivity index (χ4v) is 2.57. The standard InChI is InChI=1S/C15H24N2/c1-3-10-17(11-4-2)14-7-8-15-13(12-14)6-5-9-16-15/h7-8,12,16H,3-6,9-11H2,1-2H3. The van der Waals surface area contributed by atoms with Crippen LogP contribution in [0.4, 0.5) is 11.4 Å². The Hall–Kier alpha value is -1.18. The lowest BCUT2D eigenvalue weighted by Gasteiger charge is -2.26. The molecule has 2 heteroatoms. The molecule has 1 aromatic rings. The average Bonchev–Trinajstić information content (AvgIpc) is 2.38. The molecule has 2 nitrogen and oxygen atoms in total. The van der Waals surface area contributed by atoms with Gasteiger partial charge in [0.25, 0.3) is 0 Å². The highest BCUT2D eigenvalue weighted by atomic mass is 15.1. The monoisotopic (exact) mass is 232 g/mol. The van der Waals surface area contributed by atoms with Crippen LogP contribution in [0.2, 0.25) is 0 Å². The summed E-state index contributed by atoms with van der Waals surface area (Å²) in [5, 5.41) is 3.47. The first-order valence-corrected chi connectivity index (χ1v) is 6.97. The van der Waals surface area contributed by atoms with Gasteiger partial charge in [-0.15, -0.1) is 0 Å². The first kappa shape index (κ1) is 12.3. The van der Waals surface area contributed by atoms with Crippen LogP contribution >= 0.6 is 0 Å². The minimum atomic E-state index is 1.12. The third-order valence-corrected chi connectivity index (χ3v) is 3.38. The van der Waals surface area contributed by atoms with E-state index in [1.54, 1.807) is 0 Å². The zero-order chi connectivity index (χ0) is 12.1. The van der Waals surface area contributed by atoms with E-state index in [-0.39, 0.29) is 0 Å². The largest absolute Gasteiger partial charge is 0.385 e. The van der Waals surface area contributed by atoms with E-state index in [1.165, 1.54) is 55.7 Å². The third kappa shape index (κ3) is 2.93. The van der Waals surface area contributed by atoms with Crippen molar-refractivity contribution in [2.24, 2.45) is 0 Å². The van der Waals surface area contributed by atoms with Crippen LogP contribution < -0.4 is 10.2 Å². The van der Waals surface area contributed by atoms with Crippen molar-refractivity contribution >= 4 is 11.4 Å². The number of hydrogen-bond acceptors (Lipinski definition) is 2. The van der Waals surface area contributed by atoms with Crippen molar-refractivity contribution in [2.75, 3.05) is 29.9 Å². The fraction of sp³-hybridized carbons (Fsp3) is 0.600. The van der Waals surface area contributed by atoms with E-state index in [4.69, 9.17) is 0 Å². The van der Waals surface area contributed by atoms with Crippen molar-refractivity contribution in [3.8, 4) is 0 Å². The van der Waals surface area contributed by atoms with Gasteiger partial charge in [0, 0.05) is 31.0 Å². The van der Waals surface area contributed by atoms with Crippen LogP contribution in [0, 0.1) is 0 Å². The van der Waals surface area contributed by atoms with Gasteiger partial charge in [0.05, 0.1) is 0 Å². The van der Waals surface area contributed by atoms with Crippen LogP contribution in [-0.2, 0) is 6.42 Å². The Labute approximate surface area is 105 Å². The highest BCUT2D eigenvalue weighted by Gasteiger charge is 2.11. The van der Waals surface area contributed by atoms with Gasteiger partial charge >= 0.3 is 0 Å². The summed E-state index contributed by atoms with van der Waals surface area (Å²) in [6, 6.07) is 6.90. The quantitative estimate of drug-likeness (QED) is 0.833. The Morgan fingerprint density at radius 2 is 1.94 bits per heavy atom. The van der Waals surface area contributed by atoms with E-state index in [2.05, 4.69) is 42.3 Å². The summed E-state index contributed by atoms with van der Waals surface area (Å²) in [6.07, 6.45) is 4.92. The maximum Gasteiger partial charge on any atom is 0.0374 e. The summed E-state index contributed by atoms with van der Waals surface area (Å²) in [7, 11) is 0. The van der Waals surface area contributed by atoms with Crippen molar-refractivity contribution in [3.63, 3.8) is 0 Å². The molecule has 1 heterocycles. The number of aryl methyl sites for hydroxylation is 1. The zero-order valence-corrected chi connectivity index (χ0v) is 11.1. The normalized spacial score (nSPS) is 14.0. The molecule has 0 aromatic heterocycles. The van der Waals surface area contributed by atoms with E-state index in [9.17, 15) is 0 Å². The first-order valence-electron chi connectivity index (χ1n) is 6.97. The maximum absolute atomic E-state index is 3.47. The Morgan fingerprint density at radius 1 is 1.18 bits per heavy atom. The van der Waals surface area contributed by atoms with Crippen molar-refractivity contribution in [2.45, 2.75) is 39.5 Å². The third-order valence-electron chi connectivity index (χ3n) is 3.38. The molecule has 0 radical (unpaired) electrons. The van der Waals surface area contributed by atoms with Gasteiger partial charge in [-0.1, -0.05) is 13.8 Å². The molecule has 1 aromatic carbocycles. The lowest BCUT2D eigenvalue weighted by molar-refractivity contribution is 0.742. The minimum absolute atomic E-state index is 1.12. The van der Waals surface area contributed by atoms with Crippen molar-refractivity contribution < 1.29 is 0 Å². The van der Waals surface area contributed by atoms with Crippen molar-refractivity contribution in [1.82, 2.24) is 0 Å². The Morgan fingerprint density at radius 3 is 2.65 bits per heavy atom. The molecule has 1 aliphatic heterocycles. The lowest BCUT2D eigenvalue weighted by atomic mass is 10.0. The minimum Gasteiger partial charge on any atom is -0.385 e. The van der Waals surface area contributed by atoms with Gasteiger partial charge in [0.1, 0.15) is 0 Å². The SMILES string of the molecule is CCCN(CCC)c1ccc2c(c1)CCCN2. The smallest absolute Gasteiger partial charge is 0.0374 e. The average molecular weight is 232 g/mol. The van der Waals surface area contributed by atoms with Crippen LogP contribution in [0.25, 0.3) is 0 Å². The summed E-state index contributed by atoms with van der Waals surface area (Å²) >= 11 is 0. The molecule has 0 saturated heterocycles. The summed E-state index contributed by atoms with van der Waals surface area (Å²) in [5.74, 6) is 0. The molecule has 17 heavy (non-hydrogen) atoms. The van der Waals surface area contributed by atoms with Gasteiger partial charge in [-0.05, 0) is 49.4 Å². The number of nitrogens with one attached hydrogen (secondary N) is 1. The second-order valence-corrected chi connectivity index (χ2v) is 4.86. The van der Waals surface area contributed by atoms with Gasteiger partial charge in [-0.3, -0.25) is 0 Å². The number of benzene rings is 1. The maximum atomic E-state index is 3.47. The van der Waals surface area contributed by atoms with E-state index in [1.807, 2.05) is 0 Å². The molecule has 0 spiro atoms. The number of rotatable bonds is 5. The topological polar surface area (TPSA) is 15.3 Å². The fourth-order valence-electron chi connectivity index (χ4n) is 2.57. The van der Waals surface area contributed by atoms with Gasteiger partial charge in [0.2, 0.25) is 0 Å². The molecule has 0 fully saturated rings. The molecule has 1 aliphatic rings. The predicted octanol–water partition coefficient (Wildman–Crippen LogP) is 3.67. The molecule has 0 saturated carbocycles. The molecular weight excluding hydrogens is 208 g/mol. The number of anilines is 2. The second-order valence-electron chi connectivity index (χ2n) is 4.86. The van der Waals surface area contributed by atoms with Crippen LogP contribution in [-0.4, -0.2) is 19.6 Å². The summed E-state index contributed by atoms with van der Waals surface area (Å²) in [6.45, 7) is 7.96. The zero-order valence-electron chi connectivity index (χ0n) is 11.1. The lowest BCUT2D eigenvalue weighted by Crippen LogP contribution is -2.25. The van der Waals surface area contributed by atoms with E-state index >= 15 is 0 Å². The Bertz CT molecular complexity index is 354. The highest BCUT2D eigenvalue weighted by molar-refractivity contribution is 5.61. The number of nitrogens with zero attached hydrogens (tertiary/aromatic N) is 1. The Kier molecular flexibility index (Phi) is 4.29. The molecule has 2 rings (SSSR count). The molecule has 0 aliphatic carbocycles. The van der Waals surface area contributed by atoms with Crippen molar-refractivity contribution in [3.05, 3.63) is 23.8 Å². The molecule has 0 atom stereocenters. The first-order chi connectivity index (χ1) is 8.35.